The van der Waals surface area contributed by atoms with Crippen molar-refractivity contribution in [3.63, 3.8) is 0 Å². The van der Waals surface area contributed by atoms with Crippen molar-refractivity contribution in [3.8, 4) is 17.3 Å². The van der Waals surface area contributed by atoms with Gasteiger partial charge < -0.3 is 9.47 Å². The highest BCUT2D eigenvalue weighted by Crippen LogP contribution is 2.26. The monoisotopic (exact) mass is 442 g/mol. The SMILES string of the molecule is CCCCc1c(OCOC(=O)c2ccccc2)n(-c2ccccc2)n(-c2ccccc2)c1=O. The molecule has 6 heteroatoms. The van der Waals surface area contributed by atoms with E-state index in [1.54, 1.807) is 33.6 Å². The second-order valence-corrected chi connectivity index (χ2v) is 7.55. The molecule has 3 aromatic carbocycles. The van der Waals surface area contributed by atoms with Crippen LogP contribution in [0, 0.1) is 0 Å². The highest BCUT2D eigenvalue weighted by Gasteiger charge is 2.23. The number of carbonyl (C=O) groups is 1. The lowest BCUT2D eigenvalue weighted by Crippen LogP contribution is -2.21. The van der Waals surface area contributed by atoms with Crippen molar-refractivity contribution in [2.75, 3.05) is 6.79 Å². The van der Waals surface area contributed by atoms with Gasteiger partial charge >= 0.3 is 5.97 Å². The van der Waals surface area contributed by atoms with Crippen LogP contribution in [0.3, 0.4) is 0 Å². The summed E-state index contributed by atoms with van der Waals surface area (Å²) in [4.78, 5) is 25.9. The van der Waals surface area contributed by atoms with Crippen molar-refractivity contribution in [2.24, 2.45) is 0 Å². The number of rotatable bonds is 9. The summed E-state index contributed by atoms with van der Waals surface area (Å²) in [6.07, 6.45) is 2.33. The highest BCUT2D eigenvalue weighted by molar-refractivity contribution is 5.89. The summed E-state index contributed by atoms with van der Waals surface area (Å²) in [5.41, 5.74) is 2.34. The zero-order valence-corrected chi connectivity index (χ0v) is 18.5. The molecule has 33 heavy (non-hydrogen) atoms. The summed E-state index contributed by atoms with van der Waals surface area (Å²) >= 11 is 0. The second-order valence-electron chi connectivity index (χ2n) is 7.55. The predicted octanol–water partition coefficient (Wildman–Crippen LogP) is 5.16. The number of hydrogen-bond donors (Lipinski definition) is 0. The predicted molar refractivity (Wildman–Crippen MR) is 127 cm³/mol. The maximum Gasteiger partial charge on any atom is 0.340 e. The first-order valence-electron chi connectivity index (χ1n) is 11.0. The van der Waals surface area contributed by atoms with Gasteiger partial charge in [-0.2, -0.15) is 0 Å². The first-order valence-corrected chi connectivity index (χ1v) is 11.0. The molecule has 0 aliphatic rings. The molecule has 0 saturated heterocycles. The third-order valence-electron chi connectivity index (χ3n) is 5.28. The van der Waals surface area contributed by atoms with E-state index in [2.05, 4.69) is 6.92 Å². The van der Waals surface area contributed by atoms with Crippen molar-refractivity contribution in [1.29, 1.82) is 0 Å². The van der Waals surface area contributed by atoms with E-state index in [9.17, 15) is 9.59 Å². The molecule has 0 fully saturated rings. The summed E-state index contributed by atoms with van der Waals surface area (Å²) < 4.78 is 14.7. The second kappa shape index (κ2) is 10.5. The number of hydrogen-bond acceptors (Lipinski definition) is 4. The van der Waals surface area contributed by atoms with Gasteiger partial charge in [0.25, 0.3) is 5.56 Å². The largest absolute Gasteiger partial charge is 0.440 e. The number of unbranched alkanes of at least 4 members (excludes halogenated alkanes) is 1. The quantitative estimate of drug-likeness (QED) is 0.265. The normalized spacial score (nSPS) is 10.7. The molecule has 0 aliphatic carbocycles. The van der Waals surface area contributed by atoms with Gasteiger partial charge in [0.2, 0.25) is 12.7 Å². The lowest BCUT2D eigenvalue weighted by Gasteiger charge is -2.16. The minimum Gasteiger partial charge on any atom is -0.440 e. The van der Waals surface area contributed by atoms with E-state index in [0.29, 0.717) is 23.4 Å². The number of esters is 1. The first-order chi connectivity index (χ1) is 16.2. The molecule has 1 heterocycles. The molecular weight excluding hydrogens is 416 g/mol. The molecule has 4 rings (SSSR count). The molecule has 0 atom stereocenters. The number of para-hydroxylation sites is 2. The number of aromatic nitrogens is 2. The molecule has 6 nitrogen and oxygen atoms in total. The Kier molecular flexibility index (Phi) is 7.05. The lowest BCUT2D eigenvalue weighted by atomic mass is 10.1. The fraction of sp³-hybridized carbons (Fsp3) is 0.185. The van der Waals surface area contributed by atoms with Crippen LogP contribution in [0.15, 0.2) is 95.8 Å². The molecule has 1 aromatic heterocycles. The third kappa shape index (κ3) is 4.90. The van der Waals surface area contributed by atoms with Gasteiger partial charge in [0.15, 0.2) is 0 Å². The molecule has 4 aromatic rings. The van der Waals surface area contributed by atoms with E-state index in [-0.39, 0.29) is 12.4 Å². The highest BCUT2D eigenvalue weighted by atomic mass is 16.7. The van der Waals surface area contributed by atoms with Crippen LogP contribution in [0.5, 0.6) is 5.88 Å². The number of benzene rings is 3. The summed E-state index contributed by atoms with van der Waals surface area (Å²) in [7, 11) is 0. The molecule has 168 valence electrons. The van der Waals surface area contributed by atoms with Gasteiger partial charge in [0, 0.05) is 0 Å². The molecule has 0 aliphatic heterocycles. The Morgan fingerprint density at radius 2 is 1.33 bits per heavy atom. The fourth-order valence-corrected chi connectivity index (χ4v) is 3.64. The Balaban J connectivity index is 1.75. The molecule has 0 radical (unpaired) electrons. The van der Waals surface area contributed by atoms with Gasteiger partial charge in [0.1, 0.15) is 0 Å². The molecule has 0 N–H and O–H groups in total. The summed E-state index contributed by atoms with van der Waals surface area (Å²) in [5.74, 6) is -0.105. The summed E-state index contributed by atoms with van der Waals surface area (Å²) in [6.45, 7) is 1.77. The number of carbonyl (C=O) groups excluding carboxylic acids is 1. The molecule has 0 amide bonds. The van der Waals surface area contributed by atoms with Gasteiger partial charge in [0.05, 0.1) is 22.5 Å². The van der Waals surface area contributed by atoms with Gasteiger partial charge in [-0.25, -0.2) is 14.2 Å². The Morgan fingerprint density at radius 1 is 0.788 bits per heavy atom. The van der Waals surface area contributed by atoms with E-state index < -0.39 is 5.97 Å². The van der Waals surface area contributed by atoms with E-state index in [1.165, 1.54) is 0 Å². The van der Waals surface area contributed by atoms with Crippen molar-refractivity contribution in [3.05, 3.63) is 112 Å². The third-order valence-corrected chi connectivity index (χ3v) is 5.28. The van der Waals surface area contributed by atoms with Crippen LogP contribution in [0.1, 0.15) is 35.7 Å². The van der Waals surface area contributed by atoms with Crippen molar-refractivity contribution in [1.82, 2.24) is 9.36 Å². The van der Waals surface area contributed by atoms with Crippen molar-refractivity contribution >= 4 is 5.97 Å². The lowest BCUT2D eigenvalue weighted by molar-refractivity contribution is 0.0129. The molecular formula is C27H26N2O4. The van der Waals surface area contributed by atoms with Crippen LogP contribution >= 0.6 is 0 Å². The number of nitrogens with zero attached hydrogens (tertiary/aromatic N) is 2. The Morgan fingerprint density at radius 3 is 1.91 bits per heavy atom. The molecule has 0 spiro atoms. The zero-order valence-electron chi connectivity index (χ0n) is 18.5. The summed E-state index contributed by atoms with van der Waals surface area (Å²) in [5, 5.41) is 0. The zero-order chi connectivity index (χ0) is 23.0. The van der Waals surface area contributed by atoms with E-state index in [0.717, 1.165) is 24.2 Å². The smallest absolute Gasteiger partial charge is 0.340 e. The van der Waals surface area contributed by atoms with Gasteiger partial charge in [-0.3, -0.25) is 4.79 Å². The van der Waals surface area contributed by atoms with E-state index in [1.807, 2.05) is 66.7 Å². The summed E-state index contributed by atoms with van der Waals surface area (Å²) in [6, 6.07) is 27.7. The minimum absolute atomic E-state index is 0.150. The molecule has 0 unspecified atom stereocenters. The van der Waals surface area contributed by atoms with Crippen LogP contribution in [0.25, 0.3) is 11.4 Å². The Hall–Kier alpha value is -4.06. The van der Waals surface area contributed by atoms with Gasteiger partial charge in [-0.1, -0.05) is 67.9 Å². The van der Waals surface area contributed by atoms with Crippen LogP contribution < -0.4 is 10.3 Å². The van der Waals surface area contributed by atoms with Gasteiger partial charge in [-0.15, -0.1) is 0 Å². The molecule has 0 bridgehead atoms. The average Bonchev–Trinajstić information content (AvgIpc) is 3.15. The maximum atomic E-state index is 13.6. The van der Waals surface area contributed by atoms with Crippen LogP contribution in [-0.4, -0.2) is 22.1 Å². The van der Waals surface area contributed by atoms with Crippen LogP contribution in [0.4, 0.5) is 0 Å². The van der Waals surface area contributed by atoms with E-state index in [4.69, 9.17) is 9.47 Å². The van der Waals surface area contributed by atoms with Gasteiger partial charge in [-0.05, 0) is 49.2 Å². The molecule has 0 saturated carbocycles. The standard InChI is InChI=1S/C27H26N2O4/c1-2-3-19-24-25(30)28(22-15-9-5-10-16-22)29(23-17-11-6-12-18-23)26(24)32-20-33-27(31)21-13-7-4-8-14-21/h4-18H,2-3,19-20H2,1H3. The van der Waals surface area contributed by atoms with Crippen molar-refractivity contribution in [2.45, 2.75) is 26.2 Å². The minimum atomic E-state index is -0.484. The average molecular weight is 443 g/mol. The Labute approximate surface area is 192 Å². The van der Waals surface area contributed by atoms with E-state index >= 15 is 0 Å². The van der Waals surface area contributed by atoms with Crippen LogP contribution in [-0.2, 0) is 11.2 Å². The van der Waals surface area contributed by atoms with Crippen LogP contribution in [0.2, 0.25) is 0 Å². The first kappa shape index (κ1) is 22.1. The topological polar surface area (TPSA) is 62.5 Å². The fourth-order valence-electron chi connectivity index (χ4n) is 3.64. The maximum absolute atomic E-state index is 13.6. The van der Waals surface area contributed by atoms with Crippen molar-refractivity contribution < 1.29 is 14.3 Å². The Bertz CT molecular complexity index is 1250. The number of ether oxygens (including phenoxy) is 2.